The van der Waals surface area contributed by atoms with Crippen molar-refractivity contribution >= 4 is 0 Å². The van der Waals surface area contributed by atoms with E-state index >= 15 is 0 Å². The van der Waals surface area contributed by atoms with Crippen molar-refractivity contribution in [2.45, 2.75) is 26.7 Å². The van der Waals surface area contributed by atoms with Gasteiger partial charge in [0.25, 0.3) is 0 Å². The van der Waals surface area contributed by atoms with Crippen LogP contribution >= 0.6 is 0 Å². The first-order chi connectivity index (χ1) is 10.5. The predicted molar refractivity (Wildman–Crippen MR) is 88.5 cm³/mol. The molecular weight excluding hydrogens is 276 g/mol. The van der Waals surface area contributed by atoms with Crippen LogP contribution in [0.25, 0.3) is 0 Å². The first-order valence-electron chi connectivity index (χ1n) is 7.40. The van der Waals surface area contributed by atoms with Crippen LogP contribution in [-0.4, -0.2) is 16.8 Å². The minimum Gasteiger partial charge on any atom is -0.508 e. The first-order valence-corrected chi connectivity index (χ1v) is 7.40. The highest BCUT2D eigenvalue weighted by Crippen LogP contribution is 2.22. The third kappa shape index (κ3) is 5.17. The summed E-state index contributed by atoms with van der Waals surface area (Å²) >= 11 is 0. The van der Waals surface area contributed by atoms with E-state index in [9.17, 15) is 10.2 Å². The summed E-state index contributed by atoms with van der Waals surface area (Å²) in [7, 11) is 0. The molecule has 116 valence electrons. The van der Waals surface area contributed by atoms with Gasteiger partial charge in [0.1, 0.15) is 23.9 Å². The van der Waals surface area contributed by atoms with E-state index in [1.54, 1.807) is 12.1 Å². The third-order valence-corrected chi connectivity index (χ3v) is 3.33. The van der Waals surface area contributed by atoms with E-state index in [1.165, 1.54) is 17.2 Å². The molecule has 22 heavy (non-hydrogen) atoms. The minimum atomic E-state index is 0.0954. The maximum atomic E-state index is 9.47. The molecule has 2 rings (SSSR count). The highest BCUT2D eigenvalue weighted by Gasteiger charge is 2.01. The molecule has 0 radical (unpaired) electrons. The van der Waals surface area contributed by atoms with E-state index in [0.717, 1.165) is 24.2 Å². The minimum absolute atomic E-state index is 0.0954. The van der Waals surface area contributed by atoms with Gasteiger partial charge in [0.05, 0.1) is 0 Å². The second-order valence-electron chi connectivity index (χ2n) is 5.59. The Balaban J connectivity index is 1.89. The summed E-state index contributed by atoms with van der Waals surface area (Å²) < 4.78 is 5.62. The summed E-state index contributed by atoms with van der Waals surface area (Å²) in [6.07, 6.45) is 3.65. The second-order valence-corrected chi connectivity index (χ2v) is 5.59. The van der Waals surface area contributed by atoms with Crippen molar-refractivity contribution in [3.63, 3.8) is 0 Å². The van der Waals surface area contributed by atoms with E-state index in [4.69, 9.17) is 4.74 Å². The van der Waals surface area contributed by atoms with Gasteiger partial charge in [-0.1, -0.05) is 17.7 Å². The molecule has 2 aromatic carbocycles. The van der Waals surface area contributed by atoms with Crippen LogP contribution in [0.2, 0.25) is 0 Å². The number of aromatic hydroxyl groups is 2. The fourth-order valence-electron chi connectivity index (χ4n) is 2.15. The van der Waals surface area contributed by atoms with Crippen LogP contribution in [0.15, 0.2) is 54.1 Å². The van der Waals surface area contributed by atoms with Crippen LogP contribution in [-0.2, 0) is 12.8 Å². The average Bonchev–Trinajstić information content (AvgIpc) is 2.45. The molecule has 0 atom stereocenters. The molecule has 0 bridgehead atoms. The molecule has 0 spiro atoms. The maximum absolute atomic E-state index is 9.47. The number of rotatable bonds is 6. The molecule has 2 N–H and O–H groups in total. The Labute approximate surface area is 131 Å². The number of phenolic OH excluding ortho intramolecular Hbond substituents is 2. The zero-order valence-corrected chi connectivity index (χ0v) is 13.0. The number of benzene rings is 2. The number of phenols is 2. The SMILES string of the molecule is CC(C)=CCOc1ccc(CCc2cc(O)cc(O)c2)cc1. The smallest absolute Gasteiger partial charge is 0.119 e. The van der Waals surface area contributed by atoms with E-state index in [2.05, 4.69) is 0 Å². The van der Waals surface area contributed by atoms with Crippen LogP contribution < -0.4 is 4.74 Å². The molecule has 0 saturated heterocycles. The number of hydrogen-bond acceptors (Lipinski definition) is 3. The Morgan fingerprint density at radius 1 is 0.909 bits per heavy atom. The Kier molecular flexibility index (Phi) is 5.48. The van der Waals surface area contributed by atoms with Gasteiger partial charge in [-0.25, -0.2) is 0 Å². The topological polar surface area (TPSA) is 49.7 Å². The van der Waals surface area contributed by atoms with Crippen LogP contribution in [0, 0.1) is 0 Å². The van der Waals surface area contributed by atoms with Crippen molar-refractivity contribution in [3.8, 4) is 17.2 Å². The largest absolute Gasteiger partial charge is 0.508 e. The summed E-state index contributed by atoms with van der Waals surface area (Å²) in [6, 6.07) is 12.7. The molecule has 0 fully saturated rings. The molecule has 0 heterocycles. The zero-order chi connectivity index (χ0) is 15.9. The van der Waals surface area contributed by atoms with E-state index in [1.807, 2.05) is 44.2 Å². The molecule has 0 amide bonds. The molecule has 0 aliphatic carbocycles. The monoisotopic (exact) mass is 298 g/mol. The highest BCUT2D eigenvalue weighted by atomic mass is 16.5. The van der Waals surface area contributed by atoms with Gasteiger partial charge in [-0.3, -0.25) is 0 Å². The van der Waals surface area contributed by atoms with Crippen LogP contribution in [0.3, 0.4) is 0 Å². The van der Waals surface area contributed by atoms with E-state index < -0.39 is 0 Å². The molecule has 0 aliphatic heterocycles. The maximum Gasteiger partial charge on any atom is 0.119 e. The standard InChI is InChI=1S/C19H22O3/c1-14(2)9-10-22-19-7-5-15(6-8-19)3-4-16-11-17(20)13-18(21)12-16/h5-9,11-13,20-21H,3-4,10H2,1-2H3. The quantitative estimate of drug-likeness (QED) is 0.785. The van der Waals surface area contributed by atoms with Gasteiger partial charge in [-0.05, 0) is 68.2 Å². The Hall–Kier alpha value is -2.42. The van der Waals surface area contributed by atoms with Crippen molar-refractivity contribution in [2.75, 3.05) is 6.61 Å². The van der Waals surface area contributed by atoms with Crippen LogP contribution in [0.1, 0.15) is 25.0 Å². The lowest BCUT2D eigenvalue weighted by molar-refractivity contribution is 0.362. The molecule has 0 aromatic heterocycles. The lowest BCUT2D eigenvalue weighted by Gasteiger charge is -2.07. The normalized spacial score (nSPS) is 10.3. The zero-order valence-electron chi connectivity index (χ0n) is 13.0. The highest BCUT2D eigenvalue weighted by molar-refractivity contribution is 5.37. The summed E-state index contributed by atoms with van der Waals surface area (Å²) in [4.78, 5) is 0. The van der Waals surface area contributed by atoms with Gasteiger partial charge < -0.3 is 14.9 Å². The summed E-state index contributed by atoms with van der Waals surface area (Å²) in [6.45, 7) is 4.68. The van der Waals surface area contributed by atoms with Crippen molar-refractivity contribution < 1.29 is 14.9 Å². The number of ether oxygens (including phenoxy) is 1. The van der Waals surface area contributed by atoms with Gasteiger partial charge in [-0.15, -0.1) is 0 Å². The van der Waals surface area contributed by atoms with Gasteiger partial charge in [-0.2, -0.15) is 0 Å². The summed E-state index contributed by atoms with van der Waals surface area (Å²) in [5, 5.41) is 18.9. The van der Waals surface area contributed by atoms with E-state index in [-0.39, 0.29) is 11.5 Å². The van der Waals surface area contributed by atoms with Crippen molar-refractivity contribution in [3.05, 3.63) is 65.2 Å². The van der Waals surface area contributed by atoms with Crippen molar-refractivity contribution in [1.29, 1.82) is 0 Å². The Morgan fingerprint density at radius 3 is 2.09 bits per heavy atom. The molecule has 3 heteroatoms. The molecule has 3 nitrogen and oxygen atoms in total. The molecular formula is C19H22O3. The van der Waals surface area contributed by atoms with E-state index in [0.29, 0.717) is 6.61 Å². The lowest BCUT2D eigenvalue weighted by Crippen LogP contribution is -1.95. The second kappa shape index (κ2) is 7.55. The third-order valence-electron chi connectivity index (χ3n) is 3.33. The number of allylic oxidation sites excluding steroid dienone is 1. The van der Waals surface area contributed by atoms with Gasteiger partial charge >= 0.3 is 0 Å². The fraction of sp³-hybridized carbons (Fsp3) is 0.263. The van der Waals surface area contributed by atoms with Crippen LogP contribution in [0.5, 0.6) is 17.2 Å². The molecule has 0 saturated carbocycles. The molecule has 2 aromatic rings. The predicted octanol–water partition coefficient (Wildman–Crippen LogP) is 4.23. The van der Waals surface area contributed by atoms with Gasteiger partial charge in [0.2, 0.25) is 0 Å². The van der Waals surface area contributed by atoms with Crippen molar-refractivity contribution in [2.24, 2.45) is 0 Å². The van der Waals surface area contributed by atoms with Crippen LogP contribution in [0.4, 0.5) is 0 Å². The average molecular weight is 298 g/mol. The first kappa shape index (κ1) is 16.0. The molecule has 0 unspecified atom stereocenters. The Morgan fingerprint density at radius 2 is 1.50 bits per heavy atom. The Bertz CT molecular complexity index is 618. The molecule has 0 aliphatic rings. The number of hydrogen-bond donors (Lipinski definition) is 2. The van der Waals surface area contributed by atoms with Gasteiger partial charge in [0.15, 0.2) is 0 Å². The summed E-state index contributed by atoms with van der Waals surface area (Å²) in [5.41, 5.74) is 3.35. The number of aryl methyl sites for hydroxylation is 2. The van der Waals surface area contributed by atoms with Crippen molar-refractivity contribution in [1.82, 2.24) is 0 Å². The fourth-order valence-corrected chi connectivity index (χ4v) is 2.15. The van der Waals surface area contributed by atoms with Gasteiger partial charge in [0, 0.05) is 6.07 Å². The summed E-state index contributed by atoms with van der Waals surface area (Å²) in [5.74, 6) is 1.05. The lowest BCUT2D eigenvalue weighted by atomic mass is 10.0.